The molecule has 0 aliphatic heterocycles. The van der Waals surface area contributed by atoms with Gasteiger partial charge in [0.25, 0.3) is 0 Å². The van der Waals surface area contributed by atoms with E-state index in [1.165, 1.54) is 4.90 Å². The van der Waals surface area contributed by atoms with E-state index in [1.807, 2.05) is 0 Å². The summed E-state index contributed by atoms with van der Waals surface area (Å²) in [5, 5.41) is 0. The Kier molecular flexibility index (Phi) is 5.84. The molecule has 1 amide bonds. The summed E-state index contributed by atoms with van der Waals surface area (Å²) in [7, 11) is 0. The van der Waals surface area contributed by atoms with Crippen molar-refractivity contribution in [3.05, 3.63) is 13.8 Å². The molecule has 0 spiro atoms. The van der Waals surface area contributed by atoms with Crippen LogP contribution in [0.25, 0.3) is 0 Å². The van der Waals surface area contributed by atoms with Gasteiger partial charge < -0.3 is 10.6 Å². The first-order valence-corrected chi connectivity index (χ1v) is 3.64. The van der Waals surface area contributed by atoms with Crippen LogP contribution in [0.2, 0.25) is 0 Å². The van der Waals surface area contributed by atoms with E-state index in [2.05, 4.69) is 0 Å². The number of hydrogen-bond acceptors (Lipinski definition) is 2. The Morgan fingerprint density at radius 1 is 1.36 bits per heavy atom. The molecular weight excluding hydrogens is 140 g/mol. The van der Waals surface area contributed by atoms with Crippen molar-refractivity contribution in [2.45, 2.75) is 12.8 Å². The predicted molar refractivity (Wildman–Crippen MR) is 43.5 cm³/mol. The van der Waals surface area contributed by atoms with E-state index in [4.69, 9.17) is 19.6 Å². The molecule has 4 radical (unpaired) electrons. The molecule has 0 aromatic carbocycles. The lowest BCUT2D eigenvalue weighted by Gasteiger charge is -2.17. The largest absolute Gasteiger partial charge is 0.342 e. The van der Waals surface area contributed by atoms with Gasteiger partial charge in [0.05, 0.1) is 0 Å². The Balaban J connectivity index is 3.61. The lowest BCUT2D eigenvalue weighted by atomic mass is 10.3. The van der Waals surface area contributed by atoms with Crippen molar-refractivity contribution in [3.8, 4) is 0 Å². The van der Waals surface area contributed by atoms with Gasteiger partial charge in [-0.3, -0.25) is 4.79 Å². The summed E-state index contributed by atoms with van der Waals surface area (Å²) in [5.41, 5.74) is 5.23. The number of rotatable bonds is 5. The summed E-state index contributed by atoms with van der Waals surface area (Å²) in [4.78, 5) is 12.5. The van der Waals surface area contributed by atoms with Gasteiger partial charge in [0.15, 0.2) is 0 Å². The topological polar surface area (TPSA) is 46.3 Å². The van der Waals surface area contributed by atoms with Gasteiger partial charge in [-0.25, -0.2) is 0 Å². The van der Waals surface area contributed by atoms with Crippen molar-refractivity contribution in [3.63, 3.8) is 0 Å². The molecule has 0 atom stereocenters. The Labute approximate surface area is 68.6 Å². The van der Waals surface area contributed by atoms with Crippen LogP contribution in [0.5, 0.6) is 0 Å². The summed E-state index contributed by atoms with van der Waals surface area (Å²) < 4.78 is 0. The lowest BCUT2D eigenvalue weighted by molar-refractivity contribution is -0.130. The smallest absolute Gasteiger partial charge is 0.222 e. The maximum atomic E-state index is 11.1. The number of carbonyl (C=O) groups is 1. The minimum absolute atomic E-state index is 0.0274. The van der Waals surface area contributed by atoms with E-state index in [0.717, 1.165) is 0 Å². The van der Waals surface area contributed by atoms with E-state index in [0.29, 0.717) is 19.4 Å². The summed E-state index contributed by atoms with van der Waals surface area (Å²) in [6.45, 7) is 11.4. The van der Waals surface area contributed by atoms with Gasteiger partial charge in [-0.2, -0.15) is 0 Å². The van der Waals surface area contributed by atoms with E-state index in [1.54, 1.807) is 0 Å². The summed E-state index contributed by atoms with van der Waals surface area (Å²) in [6.07, 6.45) is 1.13. The first-order chi connectivity index (χ1) is 5.26. The van der Waals surface area contributed by atoms with E-state index < -0.39 is 0 Å². The average molecular weight is 154 g/mol. The van der Waals surface area contributed by atoms with Crippen LogP contribution in [-0.2, 0) is 4.79 Å². The molecule has 0 aliphatic rings. The lowest BCUT2D eigenvalue weighted by Crippen LogP contribution is -2.30. The standard InChI is InChI=1S/C8H14N2O/c1-3-10(4-2)8(11)6-5-7-9/h1-2H,3-7,9H2. The molecule has 0 aliphatic carbocycles. The fourth-order valence-electron chi connectivity index (χ4n) is 0.690. The molecule has 0 aromatic heterocycles. The molecule has 0 bridgehead atoms. The van der Waals surface area contributed by atoms with E-state index in [-0.39, 0.29) is 19.0 Å². The van der Waals surface area contributed by atoms with Gasteiger partial charge in [0.1, 0.15) is 0 Å². The maximum absolute atomic E-state index is 11.1. The van der Waals surface area contributed by atoms with Crippen molar-refractivity contribution in [2.75, 3.05) is 19.6 Å². The Morgan fingerprint density at radius 3 is 2.27 bits per heavy atom. The van der Waals surface area contributed by atoms with Crippen LogP contribution in [0.1, 0.15) is 12.8 Å². The molecule has 0 fully saturated rings. The number of nitrogens with two attached hydrogens (primary N) is 1. The van der Waals surface area contributed by atoms with Crippen molar-refractivity contribution in [1.82, 2.24) is 4.90 Å². The van der Waals surface area contributed by atoms with Crippen LogP contribution in [0.4, 0.5) is 0 Å². The van der Waals surface area contributed by atoms with E-state index >= 15 is 0 Å². The van der Waals surface area contributed by atoms with Crippen LogP contribution in [0, 0.1) is 13.8 Å². The van der Waals surface area contributed by atoms with Crippen molar-refractivity contribution < 1.29 is 4.79 Å². The normalized spacial score (nSPS) is 9.73. The Bertz CT molecular complexity index is 111. The Hall–Kier alpha value is -0.570. The average Bonchev–Trinajstić information content (AvgIpc) is 2.03. The molecule has 2 N–H and O–H groups in total. The summed E-state index contributed by atoms with van der Waals surface area (Å²) in [5.74, 6) is -0.0274. The predicted octanol–water partition coefficient (Wildman–Crippen LogP) is -0.0239. The minimum atomic E-state index is -0.0274. The first kappa shape index (κ1) is 10.4. The van der Waals surface area contributed by atoms with E-state index in [9.17, 15) is 4.79 Å². The zero-order chi connectivity index (χ0) is 8.69. The minimum Gasteiger partial charge on any atom is -0.342 e. The maximum Gasteiger partial charge on any atom is 0.222 e. The van der Waals surface area contributed by atoms with Crippen molar-refractivity contribution >= 4 is 5.91 Å². The quantitative estimate of drug-likeness (QED) is 0.604. The zero-order valence-corrected chi connectivity index (χ0v) is 6.62. The monoisotopic (exact) mass is 154 g/mol. The third-order valence-electron chi connectivity index (χ3n) is 1.39. The molecule has 0 saturated carbocycles. The Morgan fingerprint density at radius 2 is 1.91 bits per heavy atom. The number of hydrogen-bond donors (Lipinski definition) is 1. The highest BCUT2D eigenvalue weighted by Crippen LogP contribution is 1.95. The third kappa shape index (κ3) is 3.98. The fraction of sp³-hybridized carbons (Fsp3) is 0.625. The second kappa shape index (κ2) is 6.16. The molecule has 0 unspecified atom stereocenters. The number of nitrogens with zero attached hydrogens (tertiary/aromatic N) is 1. The van der Waals surface area contributed by atoms with Gasteiger partial charge in [-0.05, 0) is 26.8 Å². The van der Waals surface area contributed by atoms with Crippen LogP contribution < -0.4 is 5.73 Å². The first-order valence-electron chi connectivity index (χ1n) is 3.64. The molecule has 0 rings (SSSR count). The van der Waals surface area contributed by atoms with Crippen LogP contribution in [0.3, 0.4) is 0 Å². The van der Waals surface area contributed by atoms with Gasteiger partial charge >= 0.3 is 0 Å². The molecular formula is C8H14N2O. The molecule has 62 valence electrons. The van der Waals surface area contributed by atoms with Crippen LogP contribution in [-0.4, -0.2) is 30.4 Å². The number of carbonyl (C=O) groups excluding carboxylic acids is 1. The SMILES string of the molecule is [CH]CN(C[CH])C(=O)CCCN. The fourth-order valence-corrected chi connectivity index (χ4v) is 0.690. The van der Waals surface area contributed by atoms with Crippen LogP contribution >= 0.6 is 0 Å². The highest BCUT2D eigenvalue weighted by Gasteiger charge is 2.07. The molecule has 0 saturated heterocycles. The molecule has 11 heavy (non-hydrogen) atoms. The second-order valence-electron chi connectivity index (χ2n) is 2.19. The third-order valence-corrected chi connectivity index (χ3v) is 1.39. The highest BCUT2D eigenvalue weighted by molar-refractivity contribution is 5.76. The molecule has 3 nitrogen and oxygen atoms in total. The number of amides is 1. The molecule has 3 heteroatoms. The summed E-state index contributed by atoms with van der Waals surface area (Å²) in [6, 6.07) is 0. The van der Waals surface area contributed by atoms with Crippen molar-refractivity contribution in [1.29, 1.82) is 0 Å². The zero-order valence-electron chi connectivity index (χ0n) is 6.62. The second-order valence-corrected chi connectivity index (χ2v) is 2.19. The molecule has 0 aromatic rings. The van der Waals surface area contributed by atoms with Crippen molar-refractivity contribution in [2.24, 2.45) is 5.73 Å². The van der Waals surface area contributed by atoms with Gasteiger partial charge in [0, 0.05) is 19.5 Å². The van der Waals surface area contributed by atoms with Gasteiger partial charge in [-0.1, -0.05) is 0 Å². The molecule has 0 heterocycles. The summed E-state index contributed by atoms with van der Waals surface area (Å²) >= 11 is 0. The van der Waals surface area contributed by atoms with Gasteiger partial charge in [0.2, 0.25) is 5.91 Å². The van der Waals surface area contributed by atoms with Crippen LogP contribution in [0.15, 0.2) is 0 Å². The highest BCUT2D eigenvalue weighted by atomic mass is 16.2. The van der Waals surface area contributed by atoms with Gasteiger partial charge in [-0.15, -0.1) is 0 Å².